The average Bonchev–Trinajstić information content (AvgIpc) is 2.51. The molecule has 2 aromatic rings. The summed E-state index contributed by atoms with van der Waals surface area (Å²) in [7, 11) is 2.93. The number of carboxylic acid groups (broad SMARTS) is 1. The maximum absolute atomic E-state index is 11.5. The summed E-state index contributed by atoms with van der Waals surface area (Å²) in [6, 6.07) is 10.5. The topological polar surface area (TPSA) is 67.8 Å². The Morgan fingerprint density at radius 3 is 2.59 bits per heavy atom. The molecule has 0 aliphatic heterocycles. The normalized spacial score (nSPS) is 10.1. The lowest BCUT2D eigenvalue weighted by molar-refractivity contribution is 0.0694. The molecule has 0 aliphatic carbocycles. The van der Waals surface area contributed by atoms with Crippen LogP contribution in [0.4, 0.5) is 5.69 Å². The van der Waals surface area contributed by atoms with Crippen LogP contribution >= 0.6 is 11.6 Å². The molecular weight excluding hydrogens is 306 g/mol. The molecule has 2 rings (SSSR count). The van der Waals surface area contributed by atoms with Crippen molar-refractivity contribution in [2.75, 3.05) is 19.5 Å². The predicted molar refractivity (Wildman–Crippen MR) is 85.3 cm³/mol. The highest BCUT2D eigenvalue weighted by Gasteiger charge is 2.18. The molecule has 0 fully saturated rings. The van der Waals surface area contributed by atoms with Crippen molar-refractivity contribution in [3.05, 3.63) is 52.5 Å². The van der Waals surface area contributed by atoms with Crippen molar-refractivity contribution >= 4 is 23.3 Å². The molecular formula is C16H16ClNO4. The Morgan fingerprint density at radius 2 is 2.00 bits per heavy atom. The Morgan fingerprint density at radius 1 is 1.23 bits per heavy atom. The summed E-state index contributed by atoms with van der Waals surface area (Å²) in [5.41, 5.74) is 1.42. The van der Waals surface area contributed by atoms with E-state index in [4.69, 9.17) is 21.1 Å². The van der Waals surface area contributed by atoms with E-state index < -0.39 is 5.97 Å². The van der Waals surface area contributed by atoms with E-state index in [2.05, 4.69) is 5.32 Å². The first-order valence-electron chi connectivity index (χ1n) is 6.52. The number of hydrogen-bond donors (Lipinski definition) is 2. The maximum Gasteiger partial charge on any atom is 0.341 e. The van der Waals surface area contributed by atoms with Crippen molar-refractivity contribution in [2.24, 2.45) is 0 Å². The fraction of sp³-hybridized carbons (Fsp3) is 0.188. The summed E-state index contributed by atoms with van der Waals surface area (Å²) in [5.74, 6) is -0.330. The van der Waals surface area contributed by atoms with Crippen LogP contribution in [0.15, 0.2) is 36.4 Å². The van der Waals surface area contributed by atoms with Crippen LogP contribution in [-0.2, 0) is 6.54 Å². The fourth-order valence-electron chi connectivity index (χ4n) is 2.07. The Hall–Kier alpha value is -2.40. The molecule has 116 valence electrons. The number of benzene rings is 2. The van der Waals surface area contributed by atoms with Crippen molar-refractivity contribution < 1.29 is 19.4 Å². The number of carbonyl (C=O) groups is 1. The molecule has 0 bridgehead atoms. The van der Waals surface area contributed by atoms with Gasteiger partial charge >= 0.3 is 5.97 Å². The van der Waals surface area contributed by atoms with E-state index >= 15 is 0 Å². The minimum absolute atomic E-state index is 0.0605. The van der Waals surface area contributed by atoms with Crippen LogP contribution in [0.5, 0.6) is 11.5 Å². The summed E-state index contributed by atoms with van der Waals surface area (Å²) in [6.07, 6.45) is 0. The molecule has 6 heteroatoms. The first-order chi connectivity index (χ1) is 10.5. The molecule has 0 aromatic heterocycles. The number of aromatic carboxylic acids is 1. The van der Waals surface area contributed by atoms with Gasteiger partial charge in [0.15, 0.2) is 0 Å². The first-order valence-corrected chi connectivity index (χ1v) is 6.90. The summed E-state index contributed by atoms with van der Waals surface area (Å²) in [6.45, 7) is 0.428. The quantitative estimate of drug-likeness (QED) is 0.849. The predicted octanol–water partition coefficient (Wildman–Crippen LogP) is 3.67. The van der Waals surface area contributed by atoms with Gasteiger partial charge in [0.05, 0.1) is 19.9 Å². The molecule has 0 unspecified atom stereocenters. The second-order valence-corrected chi connectivity index (χ2v) is 4.98. The van der Waals surface area contributed by atoms with Crippen molar-refractivity contribution in [3.8, 4) is 11.5 Å². The Balaban J connectivity index is 2.34. The van der Waals surface area contributed by atoms with Crippen LogP contribution in [0.2, 0.25) is 5.02 Å². The van der Waals surface area contributed by atoms with Crippen molar-refractivity contribution in [3.63, 3.8) is 0 Å². The first kappa shape index (κ1) is 16.0. The van der Waals surface area contributed by atoms with Gasteiger partial charge in [-0.2, -0.15) is 0 Å². The van der Waals surface area contributed by atoms with E-state index in [1.54, 1.807) is 12.1 Å². The molecule has 0 atom stereocenters. The van der Waals surface area contributed by atoms with Gasteiger partial charge in [-0.05, 0) is 17.7 Å². The molecule has 0 aliphatic rings. The number of rotatable bonds is 6. The van der Waals surface area contributed by atoms with E-state index in [9.17, 15) is 9.90 Å². The van der Waals surface area contributed by atoms with Crippen LogP contribution in [0.1, 0.15) is 15.9 Å². The third-order valence-corrected chi connectivity index (χ3v) is 3.35. The molecule has 5 nitrogen and oxygen atoms in total. The minimum Gasteiger partial charge on any atom is -0.497 e. The molecule has 0 heterocycles. The molecule has 0 spiro atoms. The smallest absolute Gasteiger partial charge is 0.341 e. The SMILES string of the molecule is COc1cc(NCc2cccc(Cl)c2)c(C(=O)O)c(OC)c1. The summed E-state index contributed by atoms with van der Waals surface area (Å²) in [4.78, 5) is 11.5. The zero-order valence-corrected chi connectivity index (χ0v) is 13.0. The summed E-state index contributed by atoms with van der Waals surface area (Å²) in [5, 5.41) is 13.1. The van der Waals surface area contributed by atoms with Gasteiger partial charge < -0.3 is 19.9 Å². The number of hydrogen-bond acceptors (Lipinski definition) is 4. The fourth-order valence-corrected chi connectivity index (χ4v) is 2.29. The van der Waals surface area contributed by atoms with Crippen LogP contribution < -0.4 is 14.8 Å². The minimum atomic E-state index is -1.08. The second-order valence-electron chi connectivity index (χ2n) is 4.54. The summed E-state index contributed by atoms with van der Waals surface area (Å²) >= 11 is 5.94. The number of methoxy groups -OCH3 is 2. The highest BCUT2D eigenvalue weighted by Crippen LogP contribution is 2.32. The van der Waals surface area contributed by atoms with Crippen LogP contribution in [0.3, 0.4) is 0 Å². The molecule has 2 aromatic carbocycles. The third kappa shape index (κ3) is 3.62. The molecule has 0 saturated heterocycles. The van der Waals surface area contributed by atoms with Crippen LogP contribution in [0.25, 0.3) is 0 Å². The van der Waals surface area contributed by atoms with Gasteiger partial charge in [0.25, 0.3) is 0 Å². The molecule has 0 radical (unpaired) electrons. The largest absolute Gasteiger partial charge is 0.497 e. The van der Waals surface area contributed by atoms with Gasteiger partial charge in [-0.3, -0.25) is 0 Å². The van der Waals surface area contributed by atoms with E-state index in [0.29, 0.717) is 23.0 Å². The maximum atomic E-state index is 11.5. The number of anilines is 1. The molecule has 2 N–H and O–H groups in total. The van der Waals surface area contributed by atoms with Gasteiger partial charge in [0.2, 0.25) is 0 Å². The monoisotopic (exact) mass is 321 g/mol. The average molecular weight is 322 g/mol. The Bertz CT molecular complexity index is 688. The van der Waals surface area contributed by atoms with Gasteiger partial charge in [0.1, 0.15) is 17.1 Å². The highest BCUT2D eigenvalue weighted by atomic mass is 35.5. The lowest BCUT2D eigenvalue weighted by Gasteiger charge is -2.15. The van der Waals surface area contributed by atoms with E-state index in [-0.39, 0.29) is 11.3 Å². The molecule has 0 amide bonds. The van der Waals surface area contributed by atoms with Gasteiger partial charge in [0, 0.05) is 23.7 Å². The van der Waals surface area contributed by atoms with Crippen molar-refractivity contribution in [2.45, 2.75) is 6.54 Å². The standard InChI is InChI=1S/C16H16ClNO4/c1-21-12-7-13(15(16(19)20)14(8-12)22-2)18-9-10-4-3-5-11(17)6-10/h3-8,18H,9H2,1-2H3,(H,19,20). The van der Waals surface area contributed by atoms with Crippen LogP contribution in [0, 0.1) is 0 Å². The highest BCUT2D eigenvalue weighted by molar-refractivity contribution is 6.30. The van der Waals surface area contributed by atoms with E-state index in [1.807, 2.05) is 18.2 Å². The van der Waals surface area contributed by atoms with E-state index in [0.717, 1.165) is 5.56 Å². The Labute approximate surface area is 133 Å². The lowest BCUT2D eigenvalue weighted by Crippen LogP contribution is -2.09. The van der Waals surface area contributed by atoms with Gasteiger partial charge in [-0.1, -0.05) is 23.7 Å². The molecule has 22 heavy (non-hydrogen) atoms. The number of carboxylic acids is 1. The zero-order chi connectivity index (χ0) is 16.1. The number of ether oxygens (including phenoxy) is 2. The van der Waals surface area contributed by atoms with Gasteiger partial charge in [-0.25, -0.2) is 4.79 Å². The lowest BCUT2D eigenvalue weighted by atomic mass is 10.1. The zero-order valence-electron chi connectivity index (χ0n) is 12.2. The van der Waals surface area contributed by atoms with Crippen molar-refractivity contribution in [1.82, 2.24) is 0 Å². The third-order valence-electron chi connectivity index (χ3n) is 3.12. The molecule has 0 saturated carbocycles. The second kappa shape index (κ2) is 7.04. The number of halogens is 1. The van der Waals surface area contributed by atoms with Crippen molar-refractivity contribution in [1.29, 1.82) is 0 Å². The van der Waals surface area contributed by atoms with Crippen LogP contribution in [-0.4, -0.2) is 25.3 Å². The number of nitrogens with one attached hydrogen (secondary N) is 1. The Kier molecular flexibility index (Phi) is 5.12. The summed E-state index contributed by atoms with van der Waals surface area (Å²) < 4.78 is 10.3. The van der Waals surface area contributed by atoms with E-state index in [1.165, 1.54) is 20.3 Å². The van der Waals surface area contributed by atoms with Gasteiger partial charge in [-0.15, -0.1) is 0 Å².